The van der Waals surface area contributed by atoms with Crippen LogP contribution in [0.4, 0.5) is 4.39 Å². The van der Waals surface area contributed by atoms with Gasteiger partial charge in [0, 0.05) is 18.5 Å². The maximum Gasteiger partial charge on any atom is 0.196 e. The van der Waals surface area contributed by atoms with Gasteiger partial charge in [0.25, 0.3) is 0 Å². The van der Waals surface area contributed by atoms with Crippen LogP contribution in [-0.4, -0.2) is 17.1 Å². The molecule has 2 rings (SSSR count). The van der Waals surface area contributed by atoms with E-state index in [1.807, 2.05) is 13.0 Å². The van der Waals surface area contributed by atoms with Gasteiger partial charge in [0.15, 0.2) is 11.7 Å². The lowest BCUT2D eigenvalue weighted by Crippen LogP contribution is -2.37. The number of nitrogens with one attached hydrogen (secondary N) is 1. The second-order valence-electron chi connectivity index (χ2n) is 6.03. The summed E-state index contributed by atoms with van der Waals surface area (Å²) in [5, 5.41) is 3.36. The summed E-state index contributed by atoms with van der Waals surface area (Å²) in [5.41, 5.74) is 1.41. The van der Waals surface area contributed by atoms with Crippen LogP contribution in [0.2, 0.25) is 0 Å². The number of aryl methyl sites for hydroxylation is 1. The molecule has 20 heavy (non-hydrogen) atoms. The monoisotopic (exact) mass is 276 g/mol. The number of hydrogen-bond acceptors (Lipinski definition) is 3. The van der Waals surface area contributed by atoms with Crippen LogP contribution in [-0.2, 0) is 6.42 Å². The lowest BCUT2D eigenvalue weighted by Gasteiger charge is -2.19. The van der Waals surface area contributed by atoms with Crippen LogP contribution >= 0.6 is 0 Å². The van der Waals surface area contributed by atoms with Gasteiger partial charge >= 0.3 is 0 Å². The van der Waals surface area contributed by atoms with Crippen molar-refractivity contribution >= 4 is 0 Å². The molecule has 1 heterocycles. The topological polar surface area (TPSA) is 38.1 Å². The molecular formula is C16H21FN2O. The summed E-state index contributed by atoms with van der Waals surface area (Å²) >= 11 is 0. The molecule has 0 aliphatic rings. The average Bonchev–Trinajstić information content (AvgIpc) is 2.75. The fourth-order valence-electron chi connectivity index (χ4n) is 1.91. The highest BCUT2D eigenvalue weighted by atomic mass is 19.1. The number of rotatable bonds is 4. The Hall–Kier alpha value is -1.68. The molecule has 2 aromatic rings. The summed E-state index contributed by atoms with van der Waals surface area (Å²) in [6.07, 6.45) is 2.27. The van der Waals surface area contributed by atoms with E-state index < -0.39 is 0 Å². The van der Waals surface area contributed by atoms with Crippen LogP contribution in [0, 0.1) is 12.7 Å². The molecule has 0 atom stereocenters. The summed E-state index contributed by atoms with van der Waals surface area (Å²) in [4.78, 5) is 4.20. The first-order valence-electron chi connectivity index (χ1n) is 6.81. The highest BCUT2D eigenvalue weighted by Gasteiger charge is 2.12. The molecule has 3 nitrogen and oxygen atoms in total. The molecule has 1 aromatic heterocycles. The molecule has 0 saturated carbocycles. The Balaban J connectivity index is 2.05. The highest BCUT2D eigenvalue weighted by Crippen LogP contribution is 2.24. The largest absolute Gasteiger partial charge is 0.441 e. The minimum Gasteiger partial charge on any atom is -0.441 e. The molecule has 0 saturated heterocycles. The second kappa shape index (κ2) is 5.75. The molecule has 108 valence electrons. The predicted molar refractivity (Wildman–Crippen MR) is 78.1 cm³/mol. The van der Waals surface area contributed by atoms with Crippen molar-refractivity contribution in [2.24, 2.45) is 0 Å². The van der Waals surface area contributed by atoms with E-state index in [9.17, 15) is 4.39 Å². The van der Waals surface area contributed by atoms with Gasteiger partial charge in [0.05, 0.1) is 11.8 Å². The van der Waals surface area contributed by atoms with E-state index in [-0.39, 0.29) is 11.4 Å². The van der Waals surface area contributed by atoms with Crippen LogP contribution in [0.3, 0.4) is 0 Å². The fraction of sp³-hybridized carbons (Fsp3) is 0.438. The van der Waals surface area contributed by atoms with E-state index in [1.54, 1.807) is 12.3 Å². The molecule has 4 heteroatoms. The van der Waals surface area contributed by atoms with Crippen molar-refractivity contribution in [3.8, 4) is 11.3 Å². The maximum absolute atomic E-state index is 13.9. The van der Waals surface area contributed by atoms with Gasteiger partial charge in [-0.1, -0.05) is 6.07 Å². The van der Waals surface area contributed by atoms with E-state index >= 15 is 0 Å². The standard InChI is InChI=1S/C16H21FN2O/c1-11-5-6-12(13(17)9-11)14-10-18-15(20-14)7-8-19-16(2,3)4/h5-6,9-10,19H,7-8H2,1-4H3. The molecule has 0 fully saturated rings. The molecule has 1 aromatic carbocycles. The van der Waals surface area contributed by atoms with E-state index in [1.165, 1.54) is 6.07 Å². The number of hydrogen-bond donors (Lipinski definition) is 1. The molecular weight excluding hydrogens is 255 g/mol. The molecule has 0 aliphatic heterocycles. The molecule has 0 bridgehead atoms. The quantitative estimate of drug-likeness (QED) is 0.925. The Kier molecular flexibility index (Phi) is 4.23. The number of halogens is 1. The number of oxazole rings is 1. The lowest BCUT2D eigenvalue weighted by molar-refractivity contribution is 0.411. The third-order valence-corrected chi connectivity index (χ3v) is 2.94. The molecule has 0 radical (unpaired) electrons. The van der Waals surface area contributed by atoms with Gasteiger partial charge in [0.1, 0.15) is 5.82 Å². The van der Waals surface area contributed by atoms with Crippen molar-refractivity contribution in [3.05, 3.63) is 41.7 Å². The summed E-state index contributed by atoms with van der Waals surface area (Å²) in [6, 6.07) is 5.09. The van der Waals surface area contributed by atoms with Crippen molar-refractivity contribution < 1.29 is 8.81 Å². The lowest BCUT2D eigenvalue weighted by atomic mass is 10.1. The van der Waals surface area contributed by atoms with Crippen LogP contribution in [0.1, 0.15) is 32.2 Å². The fourth-order valence-corrected chi connectivity index (χ4v) is 1.91. The number of aromatic nitrogens is 1. The summed E-state index contributed by atoms with van der Waals surface area (Å²) in [6.45, 7) is 8.96. The minimum atomic E-state index is -0.277. The Morgan fingerprint density at radius 2 is 2.05 bits per heavy atom. The highest BCUT2D eigenvalue weighted by molar-refractivity contribution is 5.57. The van der Waals surface area contributed by atoms with E-state index in [0.29, 0.717) is 23.6 Å². The second-order valence-corrected chi connectivity index (χ2v) is 6.03. The minimum absolute atomic E-state index is 0.0679. The van der Waals surface area contributed by atoms with Gasteiger partial charge in [-0.3, -0.25) is 0 Å². The molecule has 0 amide bonds. The van der Waals surface area contributed by atoms with Gasteiger partial charge in [0.2, 0.25) is 0 Å². The predicted octanol–water partition coefficient (Wildman–Crippen LogP) is 3.72. The number of benzene rings is 1. The van der Waals surface area contributed by atoms with Gasteiger partial charge < -0.3 is 9.73 Å². The van der Waals surface area contributed by atoms with Crippen LogP contribution in [0.5, 0.6) is 0 Å². The van der Waals surface area contributed by atoms with Crippen LogP contribution < -0.4 is 5.32 Å². The normalized spacial score (nSPS) is 11.8. The Morgan fingerprint density at radius 1 is 1.30 bits per heavy atom. The molecule has 0 spiro atoms. The molecule has 0 aliphatic carbocycles. The Labute approximate surface area is 119 Å². The average molecular weight is 276 g/mol. The Morgan fingerprint density at radius 3 is 2.70 bits per heavy atom. The first kappa shape index (κ1) is 14.7. The van der Waals surface area contributed by atoms with Crippen molar-refractivity contribution in [2.75, 3.05) is 6.54 Å². The van der Waals surface area contributed by atoms with Gasteiger partial charge in [-0.05, 0) is 45.4 Å². The van der Waals surface area contributed by atoms with Crippen LogP contribution in [0.25, 0.3) is 11.3 Å². The zero-order chi connectivity index (χ0) is 14.8. The Bertz CT molecular complexity index is 584. The van der Waals surface area contributed by atoms with Crippen molar-refractivity contribution in [1.82, 2.24) is 10.3 Å². The van der Waals surface area contributed by atoms with Crippen molar-refractivity contribution in [3.63, 3.8) is 0 Å². The van der Waals surface area contributed by atoms with Gasteiger partial charge in [-0.15, -0.1) is 0 Å². The third-order valence-electron chi connectivity index (χ3n) is 2.94. The van der Waals surface area contributed by atoms with Crippen molar-refractivity contribution in [2.45, 2.75) is 39.7 Å². The van der Waals surface area contributed by atoms with E-state index in [0.717, 1.165) is 12.1 Å². The zero-order valence-corrected chi connectivity index (χ0v) is 12.5. The number of nitrogens with zero attached hydrogens (tertiary/aromatic N) is 1. The maximum atomic E-state index is 13.9. The van der Waals surface area contributed by atoms with Gasteiger partial charge in [-0.25, -0.2) is 9.37 Å². The molecule has 0 unspecified atom stereocenters. The summed E-state index contributed by atoms with van der Waals surface area (Å²) in [7, 11) is 0. The summed E-state index contributed by atoms with van der Waals surface area (Å²) in [5.74, 6) is 0.825. The molecule has 1 N–H and O–H groups in total. The first-order chi connectivity index (χ1) is 9.35. The van der Waals surface area contributed by atoms with E-state index in [2.05, 4.69) is 31.1 Å². The SMILES string of the molecule is Cc1ccc(-c2cnc(CCNC(C)(C)C)o2)c(F)c1. The third kappa shape index (κ3) is 3.90. The zero-order valence-electron chi connectivity index (χ0n) is 12.5. The van der Waals surface area contributed by atoms with Crippen molar-refractivity contribution in [1.29, 1.82) is 0 Å². The van der Waals surface area contributed by atoms with E-state index in [4.69, 9.17) is 4.42 Å². The smallest absolute Gasteiger partial charge is 0.196 e. The van der Waals surface area contributed by atoms with Crippen LogP contribution in [0.15, 0.2) is 28.8 Å². The van der Waals surface area contributed by atoms with Gasteiger partial charge in [-0.2, -0.15) is 0 Å². The summed E-state index contributed by atoms with van der Waals surface area (Å²) < 4.78 is 19.5. The first-order valence-corrected chi connectivity index (χ1v) is 6.81.